The molecule has 12 heteroatoms. The average molecular weight is 875 g/mol. The van der Waals surface area contributed by atoms with E-state index in [0.29, 0.717) is 38.4 Å². The Morgan fingerprint density at radius 2 is 1.81 bits per heavy atom. The Labute approximate surface area is 342 Å². The Bertz CT molecular complexity index is 1290. The van der Waals surface area contributed by atoms with Crippen LogP contribution in [0.15, 0.2) is 36.0 Å². The van der Waals surface area contributed by atoms with E-state index in [4.69, 9.17) is 18.9 Å². The monoisotopic (exact) mass is 874 g/mol. The molecule has 2 saturated heterocycles. The van der Waals surface area contributed by atoms with Crippen molar-refractivity contribution in [3.05, 3.63) is 36.0 Å². The van der Waals surface area contributed by atoms with E-state index in [2.05, 4.69) is 7.05 Å². The van der Waals surface area contributed by atoms with Gasteiger partial charge in [-0.15, -0.1) is 0 Å². The van der Waals surface area contributed by atoms with Gasteiger partial charge in [0.05, 0.1) is 75.7 Å². The van der Waals surface area contributed by atoms with Crippen molar-refractivity contribution in [3.63, 3.8) is 0 Å². The zero-order valence-electron chi connectivity index (χ0n) is 34.3. The van der Waals surface area contributed by atoms with Crippen LogP contribution >= 0.6 is 0 Å². The van der Waals surface area contributed by atoms with E-state index in [1.807, 2.05) is 57.7 Å². The maximum Gasteiger partial charge on any atom is 0.410 e. The summed E-state index contributed by atoms with van der Waals surface area (Å²) >= 11 is 0. The SMILES string of the molecule is CC[C@H](O)[C@@H](C)[C@H]1O[C@@H]1C[C@@](C)(O)/C=C/C=C(\C)[C@H]1OC(=O)C[C@H](O)CC[C@@](C)(OC)[C@@H](OC(=O)N2CC[N+](C)(C3CCCCCC3)CC2)/C=C/[C@@H]1C.[I-]. The minimum Gasteiger partial charge on any atom is -1.00 e. The molecule has 3 N–H and O–H groups in total. The second-order valence-electron chi connectivity index (χ2n) is 17.2. The number of aliphatic hydroxyl groups is 3. The predicted octanol–water partition coefficient (Wildman–Crippen LogP) is 2.85. The third-order valence-electron chi connectivity index (χ3n) is 12.8. The summed E-state index contributed by atoms with van der Waals surface area (Å²) in [5.41, 5.74) is -1.34. The summed E-state index contributed by atoms with van der Waals surface area (Å²) in [5.74, 6) is -0.826. The number of carbonyl (C=O) groups excluding carboxylic acids is 2. The average Bonchev–Trinajstić information content (AvgIpc) is 3.93. The Balaban J connectivity index is 0.00000784. The first-order chi connectivity index (χ1) is 25.0. The molecule has 0 aromatic heterocycles. The number of amides is 1. The molecule has 0 spiro atoms. The normalized spacial score (nSPS) is 34.5. The second-order valence-corrected chi connectivity index (χ2v) is 17.2. The van der Waals surface area contributed by atoms with Crippen LogP contribution in [0.25, 0.3) is 0 Å². The molecule has 0 aromatic carbocycles. The molecule has 0 unspecified atom stereocenters. The number of halogens is 1. The summed E-state index contributed by atoms with van der Waals surface area (Å²) in [7, 11) is 3.93. The molecule has 1 aliphatic carbocycles. The lowest BCUT2D eigenvalue weighted by molar-refractivity contribution is -0.937. The van der Waals surface area contributed by atoms with Crippen molar-refractivity contribution >= 4 is 12.1 Å². The third-order valence-corrected chi connectivity index (χ3v) is 12.8. The molecule has 4 aliphatic rings. The van der Waals surface area contributed by atoms with Crippen LogP contribution in [-0.2, 0) is 23.7 Å². The number of aliphatic hydroxyl groups excluding tert-OH is 2. The van der Waals surface area contributed by atoms with Gasteiger partial charge in [-0.3, -0.25) is 9.69 Å². The smallest absolute Gasteiger partial charge is 0.410 e. The summed E-state index contributed by atoms with van der Waals surface area (Å²) in [6.07, 6.45) is 14.9. The van der Waals surface area contributed by atoms with Crippen molar-refractivity contribution in [2.75, 3.05) is 40.3 Å². The summed E-state index contributed by atoms with van der Waals surface area (Å²) in [5, 5.41) is 32.2. The van der Waals surface area contributed by atoms with Crippen molar-refractivity contribution in [1.29, 1.82) is 0 Å². The predicted molar refractivity (Wildman–Crippen MR) is 205 cm³/mol. The third kappa shape index (κ3) is 13.0. The molecule has 310 valence electrons. The van der Waals surface area contributed by atoms with Crippen LogP contribution in [0.2, 0.25) is 0 Å². The highest BCUT2D eigenvalue weighted by molar-refractivity contribution is 5.70. The molecule has 54 heavy (non-hydrogen) atoms. The first-order valence-electron chi connectivity index (χ1n) is 20.3. The topological polar surface area (TPSA) is 138 Å². The number of cyclic esters (lactones) is 1. The fourth-order valence-electron chi connectivity index (χ4n) is 8.54. The largest absolute Gasteiger partial charge is 1.00 e. The number of allylic oxidation sites excluding steroid dienone is 2. The lowest BCUT2D eigenvalue weighted by atomic mass is 9.88. The number of quaternary nitrogens is 1. The Kier molecular flexibility index (Phi) is 18.0. The van der Waals surface area contributed by atoms with Crippen LogP contribution in [-0.4, -0.2) is 131 Å². The van der Waals surface area contributed by atoms with Crippen molar-refractivity contribution in [2.45, 2.75) is 166 Å². The van der Waals surface area contributed by atoms with E-state index < -0.39 is 41.6 Å². The summed E-state index contributed by atoms with van der Waals surface area (Å²) in [4.78, 5) is 28.6. The highest BCUT2D eigenvalue weighted by Gasteiger charge is 2.47. The van der Waals surface area contributed by atoms with Crippen LogP contribution in [0.5, 0.6) is 0 Å². The van der Waals surface area contributed by atoms with Crippen LogP contribution in [0.1, 0.15) is 112 Å². The number of methoxy groups -OCH3 is 1. The van der Waals surface area contributed by atoms with Crippen molar-refractivity contribution < 1.29 is 72.3 Å². The van der Waals surface area contributed by atoms with E-state index in [9.17, 15) is 24.9 Å². The van der Waals surface area contributed by atoms with Crippen molar-refractivity contribution in [3.8, 4) is 0 Å². The molecule has 10 atom stereocenters. The zero-order valence-corrected chi connectivity index (χ0v) is 36.4. The molecule has 1 saturated carbocycles. The summed E-state index contributed by atoms with van der Waals surface area (Å²) in [6, 6.07) is 0.651. The van der Waals surface area contributed by atoms with E-state index in [-0.39, 0.29) is 67.0 Å². The molecule has 3 aliphatic heterocycles. The number of ether oxygens (including phenoxy) is 4. The molecule has 11 nitrogen and oxygen atoms in total. The molecule has 4 rings (SSSR count). The molecule has 0 aromatic rings. The summed E-state index contributed by atoms with van der Waals surface area (Å²) in [6.45, 7) is 14.4. The lowest BCUT2D eigenvalue weighted by Crippen LogP contribution is -3.00. The standard InChI is InChI=1S/C42H71N2O9.HI/c1-9-34(46)31(4)39-35(51-39)28-41(5,49)21-14-15-29(2)38-30(3)18-19-36(42(6,50-8)22-20-33(45)27-37(47)53-38)52-40(48)43-23-25-44(7,26-24-43)32-16-12-10-11-13-17-32;/h14-15,18-19,21,30-36,38-39,45-46,49H,9-13,16-17,20,22-28H2,1-8H3;1H/q+1;/p-1/b19-18+,21-14+,29-15+;/t30-,31+,33+,34-,35+,36-,38+,39+,41-,42+;/m0./s1. The number of epoxide rings is 1. The van der Waals surface area contributed by atoms with Crippen LogP contribution < -0.4 is 24.0 Å². The van der Waals surface area contributed by atoms with Crippen LogP contribution in [0, 0.1) is 11.8 Å². The van der Waals surface area contributed by atoms with E-state index >= 15 is 0 Å². The van der Waals surface area contributed by atoms with Gasteiger partial charge in [-0.1, -0.05) is 57.9 Å². The number of esters is 1. The van der Waals surface area contributed by atoms with Gasteiger partial charge in [0.15, 0.2) is 6.10 Å². The van der Waals surface area contributed by atoms with Gasteiger partial charge >= 0.3 is 12.1 Å². The first-order valence-corrected chi connectivity index (χ1v) is 20.3. The zero-order chi connectivity index (χ0) is 39.0. The molecule has 1 amide bonds. The van der Waals surface area contributed by atoms with Crippen LogP contribution in [0.4, 0.5) is 4.79 Å². The first kappa shape index (κ1) is 46.8. The molecule has 3 fully saturated rings. The Hall–Kier alpha value is -1.55. The van der Waals surface area contributed by atoms with Gasteiger partial charge in [0.25, 0.3) is 0 Å². The fourth-order valence-corrected chi connectivity index (χ4v) is 8.54. The van der Waals surface area contributed by atoms with E-state index in [1.165, 1.54) is 38.5 Å². The van der Waals surface area contributed by atoms with Gasteiger partial charge in [-0.25, -0.2) is 4.79 Å². The van der Waals surface area contributed by atoms with Gasteiger partial charge in [0.2, 0.25) is 0 Å². The second kappa shape index (κ2) is 20.7. The van der Waals surface area contributed by atoms with Gasteiger partial charge < -0.3 is 62.7 Å². The lowest BCUT2D eigenvalue weighted by Gasteiger charge is -2.47. The maximum absolute atomic E-state index is 13.7. The quantitative estimate of drug-likeness (QED) is 0.0545. The van der Waals surface area contributed by atoms with Gasteiger partial charge in [0.1, 0.15) is 11.7 Å². The van der Waals surface area contributed by atoms with Gasteiger partial charge in [-0.05, 0) is 77.4 Å². The number of piperazine rings is 1. The maximum atomic E-state index is 13.7. The number of nitrogens with zero attached hydrogens (tertiary/aromatic N) is 2. The number of rotatable bonds is 11. The fraction of sp³-hybridized carbons (Fsp3) is 0.810. The molecular formula is C42H71IN2O9. The molecular weight excluding hydrogens is 803 g/mol. The van der Waals surface area contributed by atoms with E-state index in [0.717, 1.165) is 23.1 Å². The number of hydrogen-bond acceptors (Lipinski definition) is 9. The Morgan fingerprint density at radius 3 is 2.43 bits per heavy atom. The molecule has 3 heterocycles. The van der Waals surface area contributed by atoms with Crippen LogP contribution in [0.3, 0.4) is 0 Å². The van der Waals surface area contributed by atoms with Gasteiger partial charge in [0, 0.05) is 25.4 Å². The molecule has 0 radical (unpaired) electrons. The highest BCUT2D eigenvalue weighted by atomic mass is 127. The summed E-state index contributed by atoms with van der Waals surface area (Å²) < 4.78 is 25.0. The van der Waals surface area contributed by atoms with Crippen molar-refractivity contribution in [2.24, 2.45) is 11.8 Å². The highest BCUT2D eigenvalue weighted by Crippen LogP contribution is 2.38. The number of carbonyl (C=O) groups is 2. The Morgan fingerprint density at radius 1 is 1.17 bits per heavy atom. The van der Waals surface area contributed by atoms with E-state index in [1.54, 1.807) is 26.2 Å². The minimum absolute atomic E-state index is 0. The number of hydrogen-bond donors (Lipinski definition) is 3. The van der Waals surface area contributed by atoms with Crippen molar-refractivity contribution in [1.82, 2.24) is 4.90 Å². The van der Waals surface area contributed by atoms with Gasteiger partial charge in [-0.2, -0.15) is 0 Å². The minimum atomic E-state index is -1.14. The number of likely N-dealkylation sites (N-methyl/N-ethyl adjacent to an activating group) is 1. The molecule has 0 bridgehead atoms.